The third-order valence-corrected chi connectivity index (χ3v) is 3.82. The van der Waals surface area contributed by atoms with Crippen LogP contribution in [0.5, 0.6) is 0 Å². The number of thioether (sulfide) groups is 1. The Hall–Kier alpha value is -1.33. The van der Waals surface area contributed by atoms with Gasteiger partial charge in [-0.2, -0.15) is 0 Å². The Morgan fingerprint density at radius 1 is 1.35 bits per heavy atom. The van der Waals surface area contributed by atoms with Crippen LogP contribution in [0.3, 0.4) is 0 Å². The highest BCUT2D eigenvalue weighted by atomic mass is 32.2. The summed E-state index contributed by atoms with van der Waals surface area (Å²) < 4.78 is 4.63. The molecule has 0 N–H and O–H groups in total. The third kappa shape index (κ3) is 2.68. The van der Waals surface area contributed by atoms with E-state index in [1.165, 1.54) is 23.3 Å². The molecule has 0 spiro atoms. The summed E-state index contributed by atoms with van der Waals surface area (Å²) >= 11 is 2.99. The Kier molecular flexibility index (Phi) is 3.81. The van der Waals surface area contributed by atoms with Crippen LogP contribution >= 0.6 is 23.1 Å². The highest BCUT2D eigenvalue weighted by Gasteiger charge is 2.11. The normalized spacial score (nSPS) is 10.2. The summed E-state index contributed by atoms with van der Waals surface area (Å²) in [4.78, 5) is 16.7. The summed E-state index contributed by atoms with van der Waals surface area (Å²) in [6.45, 7) is 0. The van der Waals surface area contributed by atoms with Crippen LogP contribution in [0.2, 0.25) is 0 Å². The van der Waals surface area contributed by atoms with Gasteiger partial charge in [-0.1, -0.05) is 12.1 Å². The van der Waals surface area contributed by atoms with Crippen molar-refractivity contribution in [1.29, 1.82) is 0 Å². The molecule has 0 atom stereocenters. The van der Waals surface area contributed by atoms with Crippen molar-refractivity contribution in [2.75, 3.05) is 13.4 Å². The number of nitrogens with zero attached hydrogens (tertiary/aromatic N) is 1. The van der Waals surface area contributed by atoms with E-state index in [1.54, 1.807) is 11.8 Å². The van der Waals surface area contributed by atoms with Gasteiger partial charge in [0.1, 0.15) is 0 Å². The van der Waals surface area contributed by atoms with E-state index >= 15 is 0 Å². The van der Waals surface area contributed by atoms with E-state index in [0.717, 1.165) is 11.3 Å². The molecule has 0 aliphatic heterocycles. The topological polar surface area (TPSA) is 39.2 Å². The first-order valence-corrected chi connectivity index (χ1v) is 7.03. The molecular weight excluding hydrogens is 254 g/mol. The molecule has 1 heterocycles. The fourth-order valence-corrected chi connectivity index (χ4v) is 2.50. The summed E-state index contributed by atoms with van der Waals surface area (Å²) in [7, 11) is 1.36. The van der Waals surface area contributed by atoms with Crippen LogP contribution in [0.15, 0.2) is 34.5 Å². The summed E-state index contributed by atoms with van der Waals surface area (Å²) in [6.07, 6.45) is 2.03. The first kappa shape index (κ1) is 12.1. The largest absolute Gasteiger partial charge is 0.464 e. The molecule has 0 fully saturated rings. The number of hydrogen-bond donors (Lipinski definition) is 0. The molecule has 1 aromatic heterocycles. The zero-order valence-electron chi connectivity index (χ0n) is 9.47. The van der Waals surface area contributed by atoms with E-state index in [0.29, 0.717) is 5.01 Å². The molecule has 0 unspecified atom stereocenters. The summed E-state index contributed by atoms with van der Waals surface area (Å²) in [6, 6.07) is 8.08. The number of carbonyl (C=O) groups is 1. The predicted molar refractivity (Wildman–Crippen MR) is 70.7 cm³/mol. The molecule has 0 bridgehead atoms. The van der Waals surface area contributed by atoms with Crippen LogP contribution in [-0.2, 0) is 4.74 Å². The molecule has 17 heavy (non-hydrogen) atoms. The second-order valence-corrected chi connectivity index (χ2v) is 5.00. The molecule has 5 heteroatoms. The number of methoxy groups -OCH3 is 1. The number of ether oxygens (including phenoxy) is 1. The second kappa shape index (κ2) is 5.33. The number of carbonyl (C=O) groups excluding carboxylic acids is 1. The van der Waals surface area contributed by atoms with Gasteiger partial charge >= 0.3 is 5.97 Å². The third-order valence-electron chi connectivity index (χ3n) is 2.25. The standard InChI is InChI=1S/C12H11NO2S2/c1-15-12(14)11-13-10(7-17-11)8-3-5-9(16-2)6-4-8/h3-7H,1-2H3. The van der Waals surface area contributed by atoms with Crippen LogP contribution in [0.1, 0.15) is 9.80 Å². The minimum Gasteiger partial charge on any atom is -0.464 e. The van der Waals surface area contributed by atoms with Crippen LogP contribution in [0.4, 0.5) is 0 Å². The van der Waals surface area contributed by atoms with Gasteiger partial charge in [-0.25, -0.2) is 9.78 Å². The molecule has 0 saturated heterocycles. The van der Waals surface area contributed by atoms with Gasteiger partial charge in [0.15, 0.2) is 0 Å². The van der Waals surface area contributed by atoms with Crippen molar-refractivity contribution in [3.05, 3.63) is 34.7 Å². The van der Waals surface area contributed by atoms with Crippen molar-refractivity contribution in [3.63, 3.8) is 0 Å². The predicted octanol–water partition coefficient (Wildman–Crippen LogP) is 3.32. The van der Waals surface area contributed by atoms with Crippen LogP contribution in [0, 0.1) is 0 Å². The first-order valence-electron chi connectivity index (χ1n) is 4.93. The number of rotatable bonds is 3. The number of hydrogen-bond acceptors (Lipinski definition) is 5. The van der Waals surface area contributed by atoms with Crippen molar-refractivity contribution >= 4 is 29.1 Å². The molecule has 0 saturated carbocycles. The lowest BCUT2D eigenvalue weighted by Gasteiger charge is -1.98. The maximum absolute atomic E-state index is 11.3. The van der Waals surface area contributed by atoms with Gasteiger partial charge in [-0.3, -0.25) is 0 Å². The molecule has 0 radical (unpaired) electrons. The van der Waals surface area contributed by atoms with Crippen molar-refractivity contribution in [2.24, 2.45) is 0 Å². The van der Waals surface area contributed by atoms with Crippen LogP contribution in [0.25, 0.3) is 11.3 Å². The summed E-state index contributed by atoms with van der Waals surface area (Å²) in [5.41, 5.74) is 1.82. The maximum atomic E-state index is 11.3. The van der Waals surface area contributed by atoms with E-state index < -0.39 is 0 Å². The Morgan fingerprint density at radius 3 is 2.65 bits per heavy atom. The minimum atomic E-state index is -0.387. The van der Waals surface area contributed by atoms with Crippen molar-refractivity contribution < 1.29 is 9.53 Å². The smallest absolute Gasteiger partial charge is 0.367 e. The lowest BCUT2D eigenvalue weighted by atomic mass is 10.2. The average molecular weight is 265 g/mol. The molecular formula is C12H11NO2S2. The zero-order valence-corrected chi connectivity index (χ0v) is 11.1. The number of aromatic nitrogens is 1. The SMILES string of the molecule is COC(=O)c1nc(-c2ccc(SC)cc2)cs1. The Balaban J connectivity index is 2.27. The summed E-state index contributed by atoms with van der Waals surface area (Å²) in [5, 5.41) is 2.25. The average Bonchev–Trinajstić information content (AvgIpc) is 2.87. The van der Waals surface area contributed by atoms with Gasteiger partial charge in [0.2, 0.25) is 5.01 Å². The van der Waals surface area contributed by atoms with Gasteiger partial charge in [0, 0.05) is 15.8 Å². The van der Waals surface area contributed by atoms with Gasteiger partial charge in [-0.15, -0.1) is 23.1 Å². The van der Waals surface area contributed by atoms with Crippen LogP contribution in [-0.4, -0.2) is 24.3 Å². The maximum Gasteiger partial charge on any atom is 0.367 e. The van der Waals surface area contributed by atoms with Crippen LogP contribution < -0.4 is 0 Å². The van der Waals surface area contributed by atoms with Gasteiger partial charge < -0.3 is 4.74 Å². The Bertz CT molecular complexity index is 520. The van der Waals surface area contributed by atoms with E-state index in [-0.39, 0.29) is 5.97 Å². The Morgan fingerprint density at radius 2 is 2.06 bits per heavy atom. The first-order chi connectivity index (χ1) is 8.24. The molecule has 88 valence electrons. The molecule has 0 amide bonds. The molecule has 3 nitrogen and oxygen atoms in total. The fraction of sp³-hybridized carbons (Fsp3) is 0.167. The fourth-order valence-electron chi connectivity index (χ4n) is 1.35. The molecule has 2 rings (SSSR count). The highest BCUT2D eigenvalue weighted by Crippen LogP contribution is 2.24. The van der Waals surface area contributed by atoms with Crippen molar-refractivity contribution in [3.8, 4) is 11.3 Å². The molecule has 1 aromatic carbocycles. The van der Waals surface area contributed by atoms with E-state index in [9.17, 15) is 4.79 Å². The quantitative estimate of drug-likeness (QED) is 0.630. The van der Waals surface area contributed by atoms with Gasteiger partial charge in [-0.05, 0) is 18.4 Å². The second-order valence-electron chi connectivity index (χ2n) is 3.26. The highest BCUT2D eigenvalue weighted by molar-refractivity contribution is 7.98. The lowest BCUT2D eigenvalue weighted by Crippen LogP contribution is -1.99. The number of esters is 1. The van der Waals surface area contributed by atoms with Crippen molar-refractivity contribution in [2.45, 2.75) is 4.90 Å². The van der Waals surface area contributed by atoms with E-state index in [4.69, 9.17) is 0 Å². The van der Waals surface area contributed by atoms with E-state index in [2.05, 4.69) is 9.72 Å². The minimum absolute atomic E-state index is 0.386. The number of thiazole rings is 1. The van der Waals surface area contributed by atoms with Crippen molar-refractivity contribution in [1.82, 2.24) is 4.98 Å². The Labute approximate surface area is 108 Å². The summed E-state index contributed by atoms with van der Waals surface area (Å²) in [5.74, 6) is -0.387. The molecule has 0 aliphatic rings. The van der Waals surface area contributed by atoms with Gasteiger partial charge in [0.25, 0.3) is 0 Å². The molecule has 2 aromatic rings. The van der Waals surface area contributed by atoms with E-state index in [1.807, 2.05) is 35.9 Å². The zero-order chi connectivity index (χ0) is 12.3. The lowest BCUT2D eigenvalue weighted by molar-refractivity contribution is 0.0600. The number of benzene rings is 1. The monoisotopic (exact) mass is 265 g/mol. The molecule has 0 aliphatic carbocycles. The van der Waals surface area contributed by atoms with Gasteiger partial charge in [0.05, 0.1) is 12.8 Å².